The highest BCUT2D eigenvalue weighted by molar-refractivity contribution is 7.00. The molecule has 5 nitrogen and oxygen atoms in total. The largest absolute Gasteiger partial charge is 0.456 e. The molecule has 412 valence electrons. The summed E-state index contributed by atoms with van der Waals surface area (Å²) in [6.45, 7) is 32.2. The van der Waals surface area contributed by atoms with Gasteiger partial charge in [-0.2, -0.15) is 0 Å². The molecule has 8 aromatic carbocycles. The Balaban J connectivity index is 1.10. The molecule has 0 bridgehead atoms. The summed E-state index contributed by atoms with van der Waals surface area (Å²) in [7, 11) is 0. The fourth-order valence-electron chi connectivity index (χ4n) is 17.2. The number of furan rings is 2. The van der Waals surface area contributed by atoms with Crippen molar-refractivity contribution in [3.8, 4) is 0 Å². The summed E-state index contributed by atoms with van der Waals surface area (Å²) in [5, 5.41) is 4.55. The first-order chi connectivity index (χ1) is 39.0. The maximum Gasteiger partial charge on any atom is 0.252 e. The summed E-state index contributed by atoms with van der Waals surface area (Å²) >= 11 is 0. The summed E-state index contributed by atoms with van der Waals surface area (Å²) in [5.74, 6) is 0. The van der Waals surface area contributed by atoms with E-state index in [9.17, 15) is 0 Å². The molecule has 6 heteroatoms. The van der Waals surface area contributed by atoms with Gasteiger partial charge in [-0.05, 0) is 183 Å². The standard InChI is InChI=1S/C76H78BN3O2/c1-70(2,3)45-30-31-57-54(38-45)75(12)32-18-19-33-76(75,13)80(57)46-39-62-68-63(40-46)79(59-26-20-24-48-47-22-14-16-27-64(47)82-69(48)59)61-44-53-51(72(6,7)35-37-74(53,10)11)42-56(61)77(68)55-41-50-52(73(8,9)36-34-71(50,4)5)43-60(55)78(62)58-25-21-29-66-67(58)49-23-15-17-28-65(49)81-66/h14-17,20-31,38-44H,18-19,32-37H2,1-13H3. The second-order valence-electron chi connectivity index (χ2n) is 30.1. The van der Waals surface area contributed by atoms with Crippen molar-refractivity contribution in [3.05, 3.63) is 173 Å². The molecule has 6 aliphatic rings. The van der Waals surface area contributed by atoms with E-state index in [-0.39, 0.29) is 44.7 Å². The summed E-state index contributed by atoms with van der Waals surface area (Å²) < 4.78 is 14.1. The van der Waals surface area contributed by atoms with Crippen LogP contribution in [0.4, 0.5) is 45.5 Å². The highest BCUT2D eigenvalue weighted by atomic mass is 16.3. The van der Waals surface area contributed by atoms with Gasteiger partial charge < -0.3 is 23.5 Å². The Labute approximate surface area is 485 Å². The zero-order chi connectivity index (χ0) is 56.6. The number of anilines is 8. The number of hydrogen-bond donors (Lipinski definition) is 0. The van der Waals surface area contributed by atoms with Gasteiger partial charge in [-0.25, -0.2) is 0 Å². The van der Waals surface area contributed by atoms with Gasteiger partial charge in [-0.3, -0.25) is 0 Å². The van der Waals surface area contributed by atoms with Crippen LogP contribution in [-0.2, 0) is 32.5 Å². The molecule has 5 heterocycles. The quantitative estimate of drug-likeness (QED) is 0.165. The third-order valence-corrected chi connectivity index (χ3v) is 22.5. The predicted molar refractivity (Wildman–Crippen MR) is 347 cm³/mol. The lowest BCUT2D eigenvalue weighted by atomic mass is 9.32. The van der Waals surface area contributed by atoms with Gasteiger partial charge in [0.1, 0.15) is 16.7 Å². The fourth-order valence-corrected chi connectivity index (χ4v) is 17.2. The molecule has 0 N–H and O–H groups in total. The number of fused-ring (bicyclic) bond motifs is 15. The van der Waals surface area contributed by atoms with E-state index >= 15 is 0 Å². The van der Waals surface area contributed by atoms with Crippen LogP contribution in [0.25, 0.3) is 43.9 Å². The van der Waals surface area contributed by atoms with E-state index in [0.29, 0.717) is 0 Å². The molecule has 1 saturated carbocycles. The van der Waals surface area contributed by atoms with Crippen LogP contribution in [0.3, 0.4) is 0 Å². The van der Waals surface area contributed by atoms with E-state index in [0.717, 1.165) is 93.8 Å². The minimum absolute atomic E-state index is 0.0125. The average molecular weight is 1080 g/mol. The first-order valence-corrected chi connectivity index (χ1v) is 30.9. The van der Waals surface area contributed by atoms with Crippen molar-refractivity contribution in [3.63, 3.8) is 0 Å². The predicted octanol–water partition coefficient (Wildman–Crippen LogP) is 19.3. The third kappa shape index (κ3) is 6.64. The van der Waals surface area contributed by atoms with Crippen LogP contribution in [0.2, 0.25) is 0 Å². The zero-order valence-electron chi connectivity index (χ0n) is 50.7. The third-order valence-electron chi connectivity index (χ3n) is 22.5. The molecule has 82 heavy (non-hydrogen) atoms. The smallest absolute Gasteiger partial charge is 0.252 e. The first kappa shape index (κ1) is 50.5. The van der Waals surface area contributed by atoms with E-state index in [1.54, 1.807) is 0 Å². The highest BCUT2D eigenvalue weighted by Crippen LogP contribution is 2.63. The highest BCUT2D eigenvalue weighted by Gasteiger charge is 2.59. The molecule has 0 amide bonds. The van der Waals surface area contributed by atoms with Crippen LogP contribution in [-0.4, -0.2) is 12.3 Å². The Bertz CT molecular complexity index is 4430. The van der Waals surface area contributed by atoms with Crippen LogP contribution in [0.15, 0.2) is 148 Å². The molecule has 2 aromatic heterocycles. The minimum atomic E-state index is -0.206. The number of para-hydroxylation sites is 3. The molecule has 0 radical (unpaired) electrons. The molecule has 2 atom stereocenters. The molecule has 0 saturated heterocycles. The van der Waals surface area contributed by atoms with E-state index in [1.807, 2.05) is 0 Å². The molecule has 1 fully saturated rings. The van der Waals surface area contributed by atoms with Gasteiger partial charge in [0.25, 0.3) is 6.71 Å². The molecule has 16 rings (SSSR count). The Hall–Kier alpha value is -7.18. The van der Waals surface area contributed by atoms with Gasteiger partial charge in [0.05, 0.1) is 22.3 Å². The van der Waals surface area contributed by atoms with Gasteiger partial charge >= 0.3 is 0 Å². The van der Waals surface area contributed by atoms with Gasteiger partial charge in [-0.15, -0.1) is 0 Å². The summed E-state index contributed by atoms with van der Waals surface area (Å²) in [5.41, 5.74) is 25.9. The molecular formula is C76H78BN3O2. The van der Waals surface area contributed by atoms with Crippen LogP contribution in [0, 0.1) is 0 Å². The van der Waals surface area contributed by atoms with Crippen molar-refractivity contribution < 1.29 is 8.83 Å². The van der Waals surface area contributed by atoms with Gasteiger partial charge in [0, 0.05) is 55.7 Å². The molecule has 2 unspecified atom stereocenters. The normalized spacial score (nSPS) is 22.5. The number of hydrogen-bond acceptors (Lipinski definition) is 5. The Morgan fingerprint density at radius 1 is 0.415 bits per heavy atom. The maximum absolute atomic E-state index is 7.22. The van der Waals surface area contributed by atoms with Crippen molar-refractivity contribution in [2.75, 3.05) is 14.7 Å². The van der Waals surface area contributed by atoms with Crippen molar-refractivity contribution in [1.29, 1.82) is 0 Å². The average Bonchev–Trinajstić information content (AvgIpc) is 1.35. The van der Waals surface area contributed by atoms with E-state index in [1.165, 1.54) is 96.7 Å². The van der Waals surface area contributed by atoms with Gasteiger partial charge in [0.2, 0.25) is 0 Å². The van der Waals surface area contributed by atoms with Crippen molar-refractivity contribution in [1.82, 2.24) is 0 Å². The molecule has 10 aromatic rings. The van der Waals surface area contributed by atoms with E-state index in [4.69, 9.17) is 8.83 Å². The fraction of sp³-hybridized carbons (Fsp3) is 0.368. The number of benzene rings is 8. The Morgan fingerprint density at radius 2 is 0.927 bits per heavy atom. The topological polar surface area (TPSA) is 36.0 Å². The molecular weight excluding hydrogens is 998 g/mol. The van der Waals surface area contributed by atoms with Crippen LogP contribution < -0.4 is 31.1 Å². The van der Waals surface area contributed by atoms with Crippen molar-refractivity contribution >= 4 is 112 Å². The van der Waals surface area contributed by atoms with E-state index in [2.05, 4.69) is 244 Å². The summed E-state index contributed by atoms with van der Waals surface area (Å²) in [4.78, 5) is 8.24. The monoisotopic (exact) mass is 1080 g/mol. The Morgan fingerprint density at radius 3 is 1.55 bits per heavy atom. The minimum Gasteiger partial charge on any atom is -0.456 e. The van der Waals surface area contributed by atoms with Gasteiger partial charge in [0.15, 0.2) is 5.58 Å². The number of nitrogens with zero attached hydrogens (tertiary/aromatic N) is 3. The van der Waals surface area contributed by atoms with Crippen LogP contribution >= 0.6 is 0 Å². The maximum atomic E-state index is 7.22. The number of rotatable bonds is 3. The summed E-state index contributed by atoms with van der Waals surface area (Å²) in [6.07, 6.45) is 9.21. The summed E-state index contributed by atoms with van der Waals surface area (Å²) in [6, 6.07) is 54.5. The Kier molecular flexibility index (Phi) is 10.1. The van der Waals surface area contributed by atoms with Crippen molar-refractivity contribution in [2.24, 2.45) is 0 Å². The second-order valence-corrected chi connectivity index (χ2v) is 30.1. The second kappa shape index (κ2) is 16.3. The lowest BCUT2D eigenvalue weighted by Gasteiger charge is -2.51. The lowest BCUT2D eigenvalue weighted by molar-refractivity contribution is 0.195. The first-order valence-electron chi connectivity index (χ1n) is 30.9. The van der Waals surface area contributed by atoms with E-state index < -0.39 is 0 Å². The molecule has 0 spiro atoms. The van der Waals surface area contributed by atoms with Crippen molar-refractivity contribution in [2.45, 2.75) is 179 Å². The lowest BCUT2D eigenvalue weighted by Crippen LogP contribution is -2.62. The molecule has 3 aliphatic carbocycles. The van der Waals surface area contributed by atoms with Crippen LogP contribution in [0.5, 0.6) is 0 Å². The van der Waals surface area contributed by atoms with Gasteiger partial charge in [-0.1, -0.05) is 175 Å². The van der Waals surface area contributed by atoms with Crippen LogP contribution in [0.1, 0.15) is 175 Å². The molecule has 3 aliphatic heterocycles. The zero-order valence-corrected chi connectivity index (χ0v) is 50.7. The SMILES string of the molecule is CC(C)(C)c1ccc2c(c1)C1(C)CCCCC1(C)N2c1cc2c3c(c1)N(c1cccc4oc5ccccc5c14)c1cc4c(cc1B3c1cc3c(cc1N2c1cccc2c1oc1ccccc12)C(C)(C)CCC3(C)C)C(C)(C)CCC4(C)C.